The van der Waals surface area contributed by atoms with Gasteiger partial charge in [-0.25, -0.2) is 4.79 Å². The van der Waals surface area contributed by atoms with Gasteiger partial charge in [0.25, 0.3) is 0 Å². The van der Waals surface area contributed by atoms with Gasteiger partial charge < -0.3 is 5.11 Å². The van der Waals surface area contributed by atoms with Gasteiger partial charge in [-0.2, -0.15) is 0 Å². The van der Waals surface area contributed by atoms with Crippen LogP contribution in [0.2, 0.25) is 0 Å². The molecule has 1 aromatic heterocycles. The molecule has 0 saturated carbocycles. The average molecular weight is 254 g/mol. The summed E-state index contributed by atoms with van der Waals surface area (Å²) < 4.78 is 2.48. The number of carbonyl (C=O) groups is 1. The molecule has 18 heavy (non-hydrogen) atoms. The number of benzene rings is 2. The summed E-state index contributed by atoms with van der Waals surface area (Å²) >= 11 is 1.75. The molecule has 1 N–H and O–H groups in total. The third-order valence-electron chi connectivity index (χ3n) is 2.82. The highest BCUT2D eigenvalue weighted by Gasteiger charge is 2.04. The maximum Gasteiger partial charge on any atom is 0.328 e. The Morgan fingerprint density at radius 2 is 1.83 bits per heavy atom. The van der Waals surface area contributed by atoms with E-state index in [4.69, 9.17) is 5.11 Å². The Labute approximate surface area is 108 Å². The minimum atomic E-state index is -0.926. The molecular formula is C15H10O2S. The summed E-state index contributed by atoms with van der Waals surface area (Å²) in [5.74, 6) is -0.926. The number of aliphatic carboxylic acids is 1. The second kappa shape index (κ2) is 4.27. The van der Waals surface area contributed by atoms with Crippen LogP contribution in [-0.2, 0) is 4.79 Å². The fraction of sp³-hybridized carbons (Fsp3) is 0. The van der Waals surface area contributed by atoms with E-state index in [2.05, 4.69) is 12.1 Å². The minimum absolute atomic E-state index is 0.911. The van der Waals surface area contributed by atoms with Gasteiger partial charge >= 0.3 is 5.97 Å². The fourth-order valence-electron chi connectivity index (χ4n) is 2.01. The van der Waals surface area contributed by atoms with Crippen molar-refractivity contribution in [1.29, 1.82) is 0 Å². The number of rotatable bonds is 2. The Hall–Kier alpha value is -2.13. The summed E-state index contributed by atoms with van der Waals surface area (Å²) in [7, 11) is 0. The molecule has 0 aliphatic rings. The molecule has 0 fully saturated rings. The normalized spacial score (nSPS) is 11.6. The molecule has 88 valence electrons. The SMILES string of the molecule is O=C(O)/C=C/c1ccc2sc3ccccc3c2c1. The van der Waals surface area contributed by atoms with Gasteiger partial charge in [-0.15, -0.1) is 11.3 Å². The van der Waals surface area contributed by atoms with Gasteiger partial charge in [0.05, 0.1) is 0 Å². The number of thiophene rings is 1. The van der Waals surface area contributed by atoms with Crippen LogP contribution >= 0.6 is 11.3 Å². The number of carboxylic acids is 1. The van der Waals surface area contributed by atoms with Crippen molar-refractivity contribution >= 4 is 43.6 Å². The first-order valence-electron chi connectivity index (χ1n) is 5.56. The van der Waals surface area contributed by atoms with Gasteiger partial charge in [0, 0.05) is 26.2 Å². The number of fused-ring (bicyclic) bond motifs is 3. The topological polar surface area (TPSA) is 37.3 Å². The van der Waals surface area contributed by atoms with Crippen molar-refractivity contribution in [1.82, 2.24) is 0 Å². The summed E-state index contributed by atoms with van der Waals surface area (Å²) in [5.41, 5.74) is 0.911. The van der Waals surface area contributed by atoms with Crippen LogP contribution in [-0.4, -0.2) is 11.1 Å². The van der Waals surface area contributed by atoms with Crippen molar-refractivity contribution in [2.45, 2.75) is 0 Å². The van der Waals surface area contributed by atoms with E-state index in [1.165, 1.54) is 20.2 Å². The van der Waals surface area contributed by atoms with E-state index in [9.17, 15) is 4.79 Å². The molecule has 0 amide bonds. The molecule has 0 atom stereocenters. The second-order valence-electron chi connectivity index (χ2n) is 4.03. The summed E-state index contributed by atoms with van der Waals surface area (Å²) in [6.07, 6.45) is 2.78. The first kappa shape index (κ1) is 11.0. The Kier molecular flexibility index (Phi) is 2.61. The van der Waals surface area contributed by atoms with Crippen molar-refractivity contribution in [3.8, 4) is 0 Å². The van der Waals surface area contributed by atoms with Crippen molar-refractivity contribution in [2.75, 3.05) is 0 Å². The van der Waals surface area contributed by atoms with E-state index in [-0.39, 0.29) is 0 Å². The van der Waals surface area contributed by atoms with E-state index in [1.807, 2.05) is 30.3 Å². The Morgan fingerprint density at radius 1 is 1.06 bits per heavy atom. The zero-order valence-corrected chi connectivity index (χ0v) is 10.3. The second-order valence-corrected chi connectivity index (χ2v) is 5.11. The lowest BCUT2D eigenvalue weighted by Crippen LogP contribution is -1.85. The number of hydrogen-bond acceptors (Lipinski definition) is 2. The monoisotopic (exact) mass is 254 g/mol. The van der Waals surface area contributed by atoms with Crippen LogP contribution in [0.3, 0.4) is 0 Å². The standard InChI is InChI=1S/C15H10O2S/c16-15(17)8-6-10-5-7-14-12(9-10)11-3-1-2-4-13(11)18-14/h1-9H,(H,16,17)/b8-6+. The van der Waals surface area contributed by atoms with Crippen molar-refractivity contribution in [2.24, 2.45) is 0 Å². The summed E-state index contributed by atoms with van der Waals surface area (Å²) in [5, 5.41) is 11.0. The molecule has 0 radical (unpaired) electrons. The third kappa shape index (κ3) is 1.89. The van der Waals surface area contributed by atoms with Crippen LogP contribution in [0.1, 0.15) is 5.56 Å². The van der Waals surface area contributed by atoms with Crippen LogP contribution in [0, 0.1) is 0 Å². The van der Waals surface area contributed by atoms with E-state index >= 15 is 0 Å². The van der Waals surface area contributed by atoms with Gasteiger partial charge in [-0.05, 0) is 29.8 Å². The molecule has 1 heterocycles. The van der Waals surface area contributed by atoms with Crippen LogP contribution in [0.25, 0.3) is 26.2 Å². The molecule has 0 spiro atoms. The molecule has 2 aromatic carbocycles. The fourth-order valence-corrected chi connectivity index (χ4v) is 3.10. The molecule has 3 heteroatoms. The predicted octanol–water partition coefficient (Wildman–Crippen LogP) is 4.15. The highest BCUT2D eigenvalue weighted by atomic mass is 32.1. The van der Waals surface area contributed by atoms with Gasteiger partial charge in [0.2, 0.25) is 0 Å². The number of hydrogen-bond donors (Lipinski definition) is 1. The molecule has 2 nitrogen and oxygen atoms in total. The van der Waals surface area contributed by atoms with E-state index < -0.39 is 5.97 Å². The Morgan fingerprint density at radius 3 is 2.67 bits per heavy atom. The lowest BCUT2D eigenvalue weighted by molar-refractivity contribution is -0.131. The summed E-state index contributed by atoms with van der Waals surface area (Å²) in [6, 6.07) is 14.3. The van der Waals surface area contributed by atoms with Gasteiger partial charge in [-0.1, -0.05) is 24.3 Å². The predicted molar refractivity (Wildman–Crippen MR) is 76.0 cm³/mol. The average Bonchev–Trinajstić information content (AvgIpc) is 2.74. The summed E-state index contributed by atoms with van der Waals surface area (Å²) in [6.45, 7) is 0. The highest BCUT2D eigenvalue weighted by Crippen LogP contribution is 2.34. The van der Waals surface area contributed by atoms with Crippen molar-refractivity contribution in [3.05, 3.63) is 54.1 Å². The largest absolute Gasteiger partial charge is 0.478 e. The zero-order valence-electron chi connectivity index (χ0n) is 9.46. The first-order chi connectivity index (χ1) is 8.74. The third-order valence-corrected chi connectivity index (χ3v) is 3.97. The molecular weight excluding hydrogens is 244 g/mol. The van der Waals surface area contributed by atoms with E-state index in [0.29, 0.717) is 0 Å². The quantitative estimate of drug-likeness (QED) is 0.697. The van der Waals surface area contributed by atoms with Crippen molar-refractivity contribution in [3.63, 3.8) is 0 Å². The van der Waals surface area contributed by atoms with Crippen LogP contribution in [0.5, 0.6) is 0 Å². The molecule has 0 aliphatic carbocycles. The Balaban J connectivity index is 2.21. The van der Waals surface area contributed by atoms with Crippen LogP contribution in [0.4, 0.5) is 0 Å². The molecule has 0 saturated heterocycles. The smallest absolute Gasteiger partial charge is 0.328 e. The zero-order chi connectivity index (χ0) is 12.5. The molecule has 3 rings (SSSR count). The lowest BCUT2D eigenvalue weighted by Gasteiger charge is -1.94. The van der Waals surface area contributed by atoms with Gasteiger partial charge in [0.1, 0.15) is 0 Å². The van der Waals surface area contributed by atoms with Gasteiger partial charge in [0.15, 0.2) is 0 Å². The van der Waals surface area contributed by atoms with Crippen LogP contribution in [0.15, 0.2) is 48.5 Å². The molecule has 0 aliphatic heterocycles. The summed E-state index contributed by atoms with van der Waals surface area (Å²) in [4.78, 5) is 10.5. The van der Waals surface area contributed by atoms with E-state index in [0.717, 1.165) is 11.6 Å². The minimum Gasteiger partial charge on any atom is -0.478 e. The van der Waals surface area contributed by atoms with E-state index in [1.54, 1.807) is 17.4 Å². The molecule has 3 aromatic rings. The Bertz CT molecular complexity index is 768. The van der Waals surface area contributed by atoms with Crippen molar-refractivity contribution < 1.29 is 9.90 Å². The maximum atomic E-state index is 10.5. The highest BCUT2D eigenvalue weighted by molar-refractivity contribution is 7.25. The van der Waals surface area contributed by atoms with Crippen LogP contribution < -0.4 is 0 Å². The lowest BCUT2D eigenvalue weighted by atomic mass is 10.1. The van der Waals surface area contributed by atoms with Gasteiger partial charge in [-0.3, -0.25) is 0 Å². The first-order valence-corrected chi connectivity index (χ1v) is 6.38. The molecule has 0 unspecified atom stereocenters. The molecule has 0 bridgehead atoms. The maximum absolute atomic E-state index is 10.5. The number of carboxylic acid groups (broad SMARTS) is 1.